The minimum Gasteiger partial charge on any atom is -0.861 e. The summed E-state index contributed by atoms with van der Waals surface area (Å²) in [5, 5.41) is 16.8. The summed E-state index contributed by atoms with van der Waals surface area (Å²) in [7, 11) is -3.31. The molecule has 0 spiro atoms. The molecule has 1 aliphatic rings. The largest absolute Gasteiger partial charge is 0.861 e. The molecule has 5 rings (SSSR count). The summed E-state index contributed by atoms with van der Waals surface area (Å²) in [5.41, 5.74) is 5.25. The molecule has 1 aliphatic carbocycles. The van der Waals surface area contributed by atoms with Crippen molar-refractivity contribution in [3.63, 3.8) is 0 Å². The van der Waals surface area contributed by atoms with Crippen LogP contribution < -0.4 is 9.79 Å². The van der Waals surface area contributed by atoms with Crippen molar-refractivity contribution >= 4 is 38.8 Å². The molecule has 0 N–H and O–H groups in total. The van der Waals surface area contributed by atoms with Crippen LogP contribution in [0.4, 0.5) is 10.3 Å². The molecule has 186 valence electrons. The number of aromatic nitrogens is 2. The highest BCUT2D eigenvalue weighted by Crippen LogP contribution is 2.44. The smallest absolute Gasteiger partial charge is 0.321 e. The van der Waals surface area contributed by atoms with E-state index in [2.05, 4.69) is 10.3 Å². The van der Waals surface area contributed by atoms with E-state index in [-0.39, 0.29) is 17.2 Å². The first-order chi connectivity index (χ1) is 17.7. The SMILES string of the molecule is CC1=C(CC([O-])=Nc2c[n+](-c3ccccc3)no2)c2cc(F)ccc2/C1=C\c1ccc(S(C)(=O)=O)cc1. The normalized spacial score (nSPS) is 14.9. The van der Waals surface area contributed by atoms with Crippen LogP contribution >= 0.6 is 0 Å². The molecule has 0 aliphatic heterocycles. The Morgan fingerprint density at radius 2 is 1.81 bits per heavy atom. The van der Waals surface area contributed by atoms with E-state index >= 15 is 0 Å². The summed E-state index contributed by atoms with van der Waals surface area (Å²) in [6.07, 6.45) is 4.51. The first-order valence-electron chi connectivity index (χ1n) is 11.4. The first kappa shape index (κ1) is 24.3. The summed E-state index contributed by atoms with van der Waals surface area (Å²) in [6.45, 7) is 1.87. The molecular weight excluding hydrogens is 493 g/mol. The second kappa shape index (κ2) is 9.59. The van der Waals surface area contributed by atoms with Gasteiger partial charge in [0.2, 0.25) is 11.0 Å². The number of halogens is 1. The number of rotatable bonds is 6. The van der Waals surface area contributed by atoms with Crippen molar-refractivity contribution in [1.82, 2.24) is 5.27 Å². The van der Waals surface area contributed by atoms with Crippen LogP contribution in [0.15, 0.2) is 99.0 Å². The van der Waals surface area contributed by atoms with E-state index in [4.69, 9.17) is 4.52 Å². The molecular formula is C28H22FN3O4S. The molecule has 7 nitrogen and oxygen atoms in total. The van der Waals surface area contributed by atoms with Gasteiger partial charge >= 0.3 is 5.88 Å². The molecule has 4 aromatic rings. The van der Waals surface area contributed by atoms with Gasteiger partial charge in [-0.2, -0.15) is 0 Å². The summed E-state index contributed by atoms with van der Waals surface area (Å²) in [5.74, 6) is -0.808. The van der Waals surface area contributed by atoms with Crippen molar-refractivity contribution in [3.8, 4) is 5.69 Å². The Morgan fingerprint density at radius 1 is 1.08 bits per heavy atom. The highest BCUT2D eigenvalue weighted by atomic mass is 32.2. The van der Waals surface area contributed by atoms with Gasteiger partial charge in [-0.15, -0.1) is 0 Å². The Hall–Kier alpha value is -4.37. The third-order valence-corrected chi connectivity index (χ3v) is 7.24. The van der Waals surface area contributed by atoms with Crippen molar-refractivity contribution in [2.45, 2.75) is 18.2 Å². The van der Waals surface area contributed by atoms with E-state index in [1.54, 1.807) is 30.3 Å². The molecule has 0 saturated heterocycles. The predicted octanol–water partition coefficient (Wildman–Crippen LogP) is 4.30. The van der Waals surface area contributed by atoms with Crippen LogP contribution in [0.2, 0.25) is 0 Å². The van der Waals surface area contributed by atoms with Gasteiger partial charge in [-0.1, -0.05) is 36.4 Å². The predicted molar refractivity (Wildman–Crippen MR) is 136 cm³/mol. The molecule has 0 atom stereocenters. The minimum absolute atomic E-state index is 0.0569. The Labute approximate surface area is 213 Å². The molecule has 0 unspecified atom stereocenters. The third kappa shape index (κ3) is 5.12. The van der Waals surface area contributed by atoms with Crippen molar-refractivity contribution < 1.29 is 27.1 Å². The fourth-order valence-electron chi connectivity index (χ4n) is 4.26. The van der Waals surface area contributed by atoms with Crippen LogP contribution in [0, 0.1) is 5.82 Å². The molecule has 0 bridgehead atoms. The average Bonchev–Trinajstić information content (AvgIpc) is 3.43. The number of nitrogens with zero attached hydrogens (tertiary/aromatic N) is 3. The van der Waals surface area contributed by atoms with Gasteiger partial charge in [-0.05, 0) is 81.3 Å². The molecule has 0 fully saturated rings. The first-order valence-corrected chi connectivity index (χ1v) is 13.3. The van der Waals surface area contributed by atoms with Crippen LogP contribution in [0.5, 0.6) is 0 Å². The van der Waals surface area contributed by atoms with Gasteiger partial charge < -0.3 is 5.11 Å². The Kier molecular flexibility index (Phi) is 6.31. The maximum Gasteiger partial charge on any atom is 0.321 e. The van der Waals surface area contributed by atoms with E-state index in [0.29, 0.717) is 11.1 Å². The van der Waals surface area contributed by atoms with Gasteiger partial charge in [0.1, 0.15) is 5.82 Å². The number of hydrogen-bond donors (Lipinski definition) is 0. The lowest BCUT2D eigenvalue weighted by Crippen LogP contribution is -2.30. The van der Waals surface area contributed by atoms with Crippen molar-refractivity contribution in [2.24, 2.45) is 4.99 Å². The quantitative estimate of drug-likeness (QED) is 0.217. The van der Waals surface area contributed by atoms with Gasteiger partial charge in [0.15, 0.2) is 9.84 Å². The van der Waals surface area contributed by atoms with Gasteiger partial charge in [0.05, 0.1) is 4.90 Å². The lowest BCUT2D eigenvalue weighted by Gasteiger charge is -2.12. The second-order valence-corrected chi connectivity index (χ2v) is 10.7. The number of fused-ring (bicyclic) bond motifs is 1. The van der Waals surface area contributed by atoms with Crippen LogP contribution in [-0.4, -0.2) is 25.8 Å². The number of hydrogen-bond acceptors (Lipinski definition) is 6. The van der Waals surface area contributed by atoms with Crippen LogP contribution in [0.3, 0.4) is 0 Å². The molecule has 3 aromatic carbocycles. The fourth-order valence-corrected chi connectivity index (χ4v) is 4.89. The monoisotopic (exact) mass is 515 g/mol. The molecule has 0 amide bonds. The highest BCUT2D eigenvalue weighted by molar-refractivity contribution is 7.90. The van der Waals surface area contributed by atoms with Crippen molar-refractivity contribution in [2.75, 3.05) is 6.26 Å². The zero-order chi connectivity index (χ0) is 26.2. The third-order valence-electron chi connectivity index (χ3n) is 6.11. The van der Waals surface area contributed by atoms with E-state index in [0.717, 1.165) is 34.2 Å². The highest BCUT2D eigenvalue weighted by Gasteiger charge is 2.24. The number of benzene rings is 3. The Bertz CT molecular complexity index is 1690. The standard InChI is InChI=1S/C28H22FN3O4S/c1-18-24(14-19-8-11-22(12-9-19)37(2,34)35)23-13-10-20(29)15-26(23)25(18)16-27(33)30-28-17-32(31-36-28)21-6-4-3-5-7-21/h3-15,17H,16H2,1-2H3/b24-14-. The number of allylic oxidation sites excluding steroid dienone is 2. The maximum absolute atomic E-state index is 14.2. The maximum atomic E-state index is 14.2. The molecule has 0 saturated carbocycles. The number of aliphatic imine (C=N–C) groups is 1. The van der Waals surface area contributed by atoms with Gasteiger partial charge in [-0.3, -0.25) is 4.52 Å². The minimum atomic E-state index is -3.31. The van der Waals surface area contributed by atoms with Crippen LogP contribution in [-0.2, 0) is 9.84 Å². The molecule has 37 heavy (non-hydrogen) atoms. The fraction of sp³-hybridized carbons (Fsp3) is 0.107. The van der Waals surface area contributed by atoms with Gasteiger partial charge in [0, 0.05) is 24.8 Å². The summed E-state index contributed by atoms with van der Waals surface area (Å²) in [4.78, 5) is 4.27. The van der Waals surface area contributed by atoms with E-state index in [1.807, 2.05) is 43.3 Å². The van der Waals surface area contributed by atoms with E-state index in [9.17, 15) is 17.9 Å². The summed E-state index contributed by atoms with van der Waals surface area (Å²) < 4.78 is 44.4. The summed E-state index contributed by atoms with van der Waals surface area (Å²) >= 11 is 0. The van der Waals surface area contributed by atoms with Gasteiger partial charge in [-0.25, -0.2) is 17.8 Å². The second-order valence-electron chi connectivity index (χ2n) is 8.70. The molecule has 9 heteroatoms. The van der Waals surface area contributed by atoms with E-state index < -0.39 is 21.6 Å². The van der Waals surface area contributed by atoms with Crippen molar-refractivity contribution in [3.05, 3.63) is 107 Å². The average molecular weight is 516 g/mol. The topological polar surface area (TPSA) is 99.5 Å². The van der Waals surface area contributed by atoms with E-state index in [1.165, 1.54) is 23.0 Å². The van der Waals surface area contributed by atoms with Crippen molar-refractivity contribution in [1.29, 1.82) is 0 Å². The van der Waals surface area contributed by atoms with Crippen LogP contribution in [0.1, 0.15) is 30.0 Å². The lowest BCUT2D eigenvalue weighted by molar-refractivity contribution is -0.670. The Morgan fingerprint density at radius 3 is 2.51 bits per heavy atom. The molecule has 1 heterocycles. The molecule has 0 radical (unpaired) electrons. The van der Waals surface area contributed by atoms with Gasteiger partial charge in [0.25, 0.3) is 6.20 Å². The number of para-hydroxylation sites is 1. The lowest BCUT2D eigenvalue weighted by atomic mass is 10.0. The zero-order valence-corrected chi connectivity index (χ0v) is 20.9. The van der Waals surface area contributed by atoms with Crippen LogP contribution in [0.25, 0.3) is 22.9 Å². The number of sulfone groups is 1. The Balaban J connectivity index is 1.47. The zero-order valence-electron chi connectivity index (χ0n) is 20.1. The summed E-state index contributed by atoms with van der Waals surface area (Å²) in [6, 6.07) is 20.3. The molecule has 1 aromatic heterocycles.